The molecular formula is C13H12N4O2S. The second-order valence-electron chi connectivity index (χ2n) is 4.28. The Hall–Kier alpha value is -2.28. The number of thioether (sulfide) groups is 1. The second kappa shape index (κ2) is 5.38. The zero-order valence-corrected chi connectivity index (χ0v) is 11.5. The first kappa shape index (κ1) is 12.7. The van der Waals surface area contributed by atoms with Gasteiger partial charge in [-0.1, -0.05) is 23.0 Å². The second-order valence-corrected chi connectivity index (χ2v) is 5.25. The van der Waals surface area contributed by atoms with Gasteiger partial charge in [0.25, 0.3) is 0 Å². The first-order valence-corrected chi connectivity index (χ1v) is 6.99. The van der Waals surface area contributed by atoms with Gasteiger partial charge >= 0.3 is 0 Å². The molecule has 0 atom stereocenters. The molecule has 0 bridgehead atoms. The van der Waals surface area contributed by atoms with E-state index in [1.54, 1.807) is 6.07 Å². The smallest absolute Gasteiger partial charge is 0.236 e. The van der Waals surface area contributed by atoms with Crippen LogP contribution >= 0.6 is 11.8 Å². The van der Waals surface area contributed by atoms with Crippen LogP contribution in [0, 0.1) is 6.92 Å². The molecule has 6 nitrogen and oxygen atoms in total. The number of imidazole rings is 1. The summed E-state index contributed by atoms with van der Waals surface area (Å²) >= 11 is 1.34. The van der Waals surface area contributed by atoms with E-state index in [2.05, 4.69) is 25.0 Å². The van der Waals surface area contributed by atoms with Crippen LogP contribution in [-0.4, -0.2) is 26.8 Å². The lowest BCUT2D eigenvalue weighted by atomic mass is 10.2. The maximum Gasteiger partial charge on any atom is 0.236 e. The average Bonchev–Trinajstić information content (AvgIpc) is 3.04. The van der Waals surface area contributed by atoms with E-state index in [4.69, 9.17) is 0 Å². The van der Waals surface area contributed by atoms with Gasteiger partial charge in [-0.05, 0) is 24.6 Å². The van der Waals surface area contributed by atoms with Crippen LogP contribution < -0.4 is 5.32 Å². The molecule has 0 saturated heterocycles. The van der Waals surface area contributed by atoms with Crippen LogP contribution in [0.4, 0.5) is 5.82 Å². The summed E-state index contributed by atoms with van der Waals surface area (Å²) in [5.41, 5.74) is 3.04. The highest BCUT2D eigenvalue weighted by atomic mass is 32.2. The molecule has 102 valence electrons. The Morgan fingerprint density at radius 1 is 1.45 bits per heavy atom. The summed E-state index contributed by atoms with van der Waals surface area (Å²) in [5, 5.41) is 6.97. The van der Waals surface area contributed by atoms with Gasteiger partial charge in [0.2, 0.25) is 5.91 Å². The van der Waals surface area contributed by atoms with Gasteiger partial charge in [-0.25, -0.2) is 4.98 Å². The van der Waals surface area contributed by atoms with Crippen LogP contribution in [0.15, 0.2) is 40.2 Å². The molecule has 2 N–H and O–H groups in total. The lowest BCUT2D eigenvalue weighted by Gasteiger charge is -1.98. The number of aromatic amines is 1. The predicted molar refractivity (Wildman–Crippen MR) is 76.7 cm³/mol. The van der Waals surface area contributed by atoms with Gasteiger partial charge in [0.05, 0.1) is 16.8 Å². The number of anilines is 1. The third-order valence-electron chi connectivity index (χ3n) is 2.66. The molecule has 1 amide bonds. The molecule has 2 heterocycles. The van der Waals surface area contributed by atoms with E-state index >= 15 is 0 Å². The van der Waals surface area contributed by atoms with Gasteiger partial charge in [-0.2, -0.15) is 0 Å². The van der Waals surface area contributed by atoms with Crippen molar-refractivity contribution in [2.75, 3.05) is 11.1 Å². The first-order valence-electron chi connectivity index (χ1n) is 6.00. The Morgan fingerprint density at radius 3 is 3.15 bits per heavy atom. The quantitative estimate of drug-likeness (QED) is 0.721. The molecule has 3 rings (SSSR count). The van der Waals surface area contributed by atoms with Crippen LogP contribution in [-0.2, 0) is 4.79 Å². The molecule has 1 aromatic carbocycles. The molecule has 0 unspecified atom stereocenters. The fourth-order valence-electron chi connectivity index (χ4n) is 1.76. The number of carbonyl (C=O) groups excluding carboxylic acids is 1. The van der Waals surface area contributed by atoms with E-state index in [1.807, 2.05) is 25.1 Å². The fraction of sp³-hybridized carbons (Fsp3) is 0.154. The number of aromatic nitrogens is 3. The average molecular weight is 288 g/mol. The summed E-state index contributed by atoms with van der Waals surface area (Å²) in [5.74, 6) is 0.516. The summed E-state index contributed by atoms with van der Waals surface area (Å²) in [6, 6.07) is 7.59. The van der Waals surface area contributed by atoms with E-state index in [0.29, 0.717) is 5.82 Å². The van der Waals surface area contributed by atoms with Crippen molar-refractivity contribution in [2.45, 2.75) is 12.1 Å². The standard InChI is InChI=1S/C13H12N4O2S/c1-8-2-3-9-10(6-8)15-13(14-9)20-7-12(18)16-11-4-5-19-17-11/h2-6H,7H2,1H3,(H,14,15)(H,16,17,18). The van der Waals surface area contributed by atoms with Crippen molar-refractivity contribution in [2.24, 2.45) is 0 Å². The maximum absolute atomic E-state index is 11.7. The third-order valence-corrected chi connectivity index (χ3v) is 3.53. The number of carbonyl (C=O) groups is 1. The lowest BCUT2D eigenvalue weighted by molar-refractivity contribution is -0.113. The summed E-state index contributed by atoms with van der Waals surface area (Å²) in [7, 11) is 0. The van der Waals surface area contributed by atoms with Crippen molar-refractivity contribution in [3.8, 4) is 0 Å². The Morgan fingerprint density at radius 2 is 2.35 bits per heavy atom. The molecule has 2 aromatic heterocycles. The molecule has 0 radical (unpaired) electrons. The van der Waals surface area contributed by atoms with Crippen LogP contribution in [0.2, 0.25) is 0 Å². The predicted octanol–water partition coefficient (Wildman–Crippen LogP) is 2.59. The number of nitrogens with one attached hydrogen (secondary N) is 2. The van der Waals surface area contributed by atoms with Crippen LogP contribution in [0.5, 0.6) is 0 Å². The highest BCUT2D eigenvalue weighted by Crippen LogP contribution is 2.20. The molecule has 0 aliphatic rings. The van der Waals surface area contributed by atoms with Crippen molar-refractivity contribution < 1.29 is 9.32 Å². The summed E-state index contributed by atoms with van der Waals surface area (Å²) in [4.78, 5) is 19.3. The van der Waals surface area contributed by atoms with E-state index in [0.717, 1.165) is 16.2 Å². The number of hydrogen-bond donors (Lipinski definition) is 2. The van der Waals surface area contributed by atoms with Gasteiger partial charge in [0.1, 0.15) is 6.26 Å². The summed E-state index contributed by atoms with van der Waals surface area (Å²) in [6.45, 7) is 2.03. The molecule has 0 fully saturated rings. The molecule has 0 aliphatic heterocycles. The summed E-state index contributed by atoms with van der Waals surface area (Å²) < 4.78 is 4.64. The number of amides is 1. The topological polar surface area (TPSA) is 83.8 Å². The highest BCUT2D eigenvalue weighted by Gasteiger charge is 2.08. The summed E-state index contributed by atoms with van der Waals surface area (Å²) in [6.07, 6.45) is 1.41. The van der Waals surface area contributed by atoms with Crippen molar-refractivity contribution >= 4 is 34.5 Å². The van der Waals surface area contributed by atoms with Crippen molar-refractivity contribution in [3.63, 3.8) is 0 Å². The number of aryl methyl sites for hydroxylation is 1. The Bertz CT molecular complexity index is 736. The molecule has 7 heteroatoms. The minimum atomic E-state index is -0.152. The SMILES string of the molecule is Cc1ccc2nc(SCC(=O)Nc3ccon3)[nH]c2c1. The van der Waals surface area contributed by atoms with Gasteiger partial charge < -0.3 is 14.8 Å². The van der Waals surface area contributed by atoms with Gasteiger partial charge in [0.15, 0.2) is 11.0 Å². The lowest BCUT2D eigenvalue weighted by Crippen LogP contribution is -2.14. The Kier molecular flexibility index (Phi) is 3.42. The van der Waals surface area contributed by atoms with Gasteiger partial charge in [-0.3, -0.25) is 4.79 Å². The zero-order valence-electron chi connectivity index (χ0n) is 10.7. The van der Waals surface area contributed by atoms with Crippen molar-refractivity contribution in [1.82, 2.24) is 15.1 Å². The molecule has 20 heavy (non-hydrogen) atoms. The maximum atomic E-state index is 11.7. The minimum absolute atomic E-state index is 0.152. The van der Waals surface area contributed by atoms with Crippen LogP contribution in [0.3, 0.4) is 0 Å². The van der Waals surface area contributed by atoms with Crippen LogP contribution in [0.25, 0.3) is 11.0 Å². The van der Waals surface area contributed by atoms with Crippen molar-refractivity contribution in [1.29, 1.82) is 0 Å². The monoisotopic (exact) mass is 288 g/mol. The molecule has 0 aliphatic carbocycles. The first-order chi connectivity index (χ1) is 9.70. The number of fused-ring (bicyclic) bond motifs is 1. The number of nitrogens with zero attached hydrogens (tertiary/aromatic N) is 2. The van der Waals surface area contributed by atoms with E-state index in [1.165, 1.54) is 23.6 Å². The number of H-pyrrole nitrogens is 1. The fourth-order valence-corrected chi connectivity index (χ4v) is 2.44. The minimum Gasteiger partial charge on any atom is -0.363 e. The van der Waals surface area contributed by atoms with Gasteiger partial charge in [-0.15, -0.1) is 0 Å². The molecule has 0 saturated carbocycles. The third kappa shape index (κ3) is 2.83. The van der Waals surface area contributed by atoms with Crippen LogP contribution in [0.1, 0.15) is 5.56 Å². The molecule has 3 aromatic rings. The van der Waals surface area contributed by atoms with E-state index < -0.39 is 0 Å². The number of hydrogen-bond acceptors (Lipinski definition) is 5. The van der Waals surface area contributed by atoms with E-state index in [-0.39, 0.29) is 11.7 Å². The largest absolute Gasteiger partial charge is 0.363 e. The normalized spacial score (nSPS) is 10.8. The van der Waals surface area contributed by atoms with Gasteiger partial charge in [0, 0.05) is 6.07 Å². The highest BCUT2D eigenvalue weighted by molar-refractivity contribution is 7.99. The van der Waals surface area contributed by atoms with E-state index in [9.17, 15) is 4.79 Å². The van der Waals surface area contributed by atoms with Crippen molar-refractivity contribution in [3.05, 3.63) is 36.1 Å². The number of benzene rings is 1. The Balaban J connectivity index is 1.63. The molecule has 0 spiro atoms. The number of rotatable bonds is 4. The Labute approximate surface area is 118 Å². The molecular weight excluding hydrogens is 276 g/mol. The zero-order chi connectivity index (χ0) is 13.9.